The smallest absolute Gasteiger partial charge is 0.273 e. The number of nitrogens with zero attached hydrogens (tertiary/aromatic N) is 3. The number of alkyl halides is 1. The average molecular weight is 402 g/mol. The lowest BCUT2D eigenvalue weighted by Gasteiger charge is -2.11. The van der Waals surface area contributed by atoms with E-state index in [1.165, 1.54) is 10.9 Å². The van der Waals surface area contributed by atoms with E-state index in [0.717, 1.165) is 12.8 Å². The Labute approximate surface area is 167 Å². The number of hydrogen-bond donors (Lipinski definition) is 2. The van der Waals surface area contributed by atoms with E-state index < -0.39 is 0 Å². The van der Waals surface area contributed by atoms with Crippen LogP contribution in [0.5, 0.6) is 5.75 Å². The van der Waals surface area contributed by atoms with E-state index in [-0.39, 0.29) is 36.0 Å². The summed E-state index contributed by atoms with van der Waals surface area (Å²) in [5.41, 5.74) is 1.20. The zero-order valence-electron chi connectivity index (χ0n) is 15.4. The van der Waals surface area contributed by atoms with Crippen LogP contribution in [0.2, 0.25) is 0 Å². The van der Waals surface area contributed by atoms with Gasteiger partial charge in [-0.15, -0.1) is 16.7 Å². The zero-order valence-corrected chi connectivity index (χ0v) is 16.1. The molecular weight excluding hydrogens is 382 g/mol. The summed E-state index contributed by atoms with van der Waals surface area (Å²) >= 11 is 5.54. The summed E-state index contributed by atoms with van der Waals surface area (Å²) in [6.07, 6.45) is 3.50. The maximum Gasteiger partial charge on any atom is 0.273 e. The predicted octanol–water partition coefficient (Wildman–Crippen LogP) is 1.53. The van der Waals surface area contributed by atoms with Gasteiger partial charge in [0, 0.05) is 18.2 Å². The Hall–Kier alpha value is -3.05. The summed E-state index contributed by atoms with van der Waals surface area (Å²) in [5, 5.41) is 13.6. The molecule has 0 bridgehead atoms. The molecule has 9 heteroatoms. The molecule has 1 aliphatic rings. The molecule has 0 spiro atoms. The Morgan fingerprint density at radius 1 is 1.32 bits per heavy atom. The van der Waals surface area contributed by atoms with Gasteiger partial charge in [0.05, 0.1) is 12.1 Å². The number of nitrogens with one attached hydrogen (secondary N) is 2. The van der Waals surface area contributed by atoms with Crippen molar-refractivity contribution in [2.45, 2.75) is 25.8 Å². The molecule has 8 nitrogen and oxygen atoms in total. The van der Waals surface area contributed by atoms with E-state index >= 15 is 0 Å². The van der Waals surface area contributed by atoms with E-state index in [0.29, 0.717) is 23.5 Å². The molecule has 1 aromatic heterocycles. The Balaban J connectivity index is 1.86. The molecule has 0 unspecified atom stereocenters. The molecule has 2 N–H and O–H groups in total. The van der Waals surface area contributed by atoms with E-state index in [1.807, 2.05) is 6.92 Å². The van der Waals surface area contributed by atoms with Crippen LogP contribution in [-0.4, -0.2) is 51.9 Å². The van der Waals surface area contributed by atoms with Crippen molar-refractivity contribution in [3.05, 3.63) is 35.7 Å². The van der Waals surface area contributed by atoms with Gasteiger partial charge in [-0.25, -0.2) is 4.68 Å². The number of carbonyl (C=O) groups is 2. The lowest BCUT2D eigenvalue weighted by molar-refractivity contribution is 0.0941. The highest BCUT2D eigenvalue weighted by atomic mass is 35.5. The van der Waals surface area contributed by atoms with Gasteiger partial charge in [-0.1, -0.05) is 17.1 Å². The Bertz CT molecular complexity index is 927. The first-order valence-electron chi connectivity index (χ1n) is 8.92. The molecule has 1 aliphatic carbocycles. The molecule has 1 saturated carbocycles. The number of carbonyl (C=O) groups excluding carboxylic acids is 2. The summed E-state index contributed by atoms with van der Waals surface area (Å²) < 4.78 is 7.14. The maximum absolute atomic E-state index is 12.1. The highest BCUT2D eigenvalue weighted by molar-refractivity contribution is 6.19. The summed E-state index contributed by atoms with van der Waals surface area (Å²) in [6, 6.07) is 5.18. The minimum Gasteiger partial charge on any atom is -0.479 e. The number of benzene rings is 1. The number of ether oxygens (including phenoxy) is 1. The summed E-state index contributed by atoms with van der Waals surface area (Å²) in [4.78, 5) is 24.3. The van der Waals surface area contributed by atoms with Crippen molar-refractivity contribution >= 4 is 23.4 Å². The van der Waals surface area contributed by atoms with Gasteiger partial charge in [0.15, 0.2) is 5.69 Å². The topological polar surface area (TPSA) is 98.1 Å². The second kappa shape index (κ2) is 9.24. The van der Waals surface area contributed by atoms with Crippen LogP contribution in [0.3, 0.4) is 0 Å². The van der Waals surface area contributed by atoms with E-state index in [2.05, 4.69) is 32.8 Å². The molecule has 3 rings (SSSR count). The molecule has 0 aliphatic heterocycles. The molecule has 1 heterocycles. The normalized spacial score (nSPS) is 12.6. The van der Waals surface area contributed by atoms with Gasteiger partial charge in [-0.05, 0) is 38.0 Å². The van der Waals surface area contributed by atoms with Gasteiger partial charge < -0.3 is 15.4 Å². The Morgan fingerprint density at radius 3 is 2.86 bits per heavy atom. The highest BCUT2D eigenvalue weighted by Gasteiger charge is 2.25. The number of hydrogen-bond acceptors (Lipinski definition) is 5. The third kappa shape index (κ3) is 5.02. The number of halogens is 1. The van der Waals surface area contributed by atoms with Crippen molar-refractivity contribution in [2.75, 3.05) is 19.0 Å². The van der Waals surface area contributed by atoms with Crippen LogP contribution in [0.15, 0.2) is 24.4 Å². The van der Waals surface area contributed by atoms with Gasteiger partial charge >= 0.3 is 0 Å². The van der Waals surface area contributed by atoms with Crippen molar-refractivity contribution < 1.29 is 14.3 Å². The lowest BCUT2D eigenvalue weighted by Crippen LogP contribution is -2.25. The standard InChI is InChI=1S/C19H20ClN5O3/c1-2-21-18(26)13-5-8-16(17(11-13)28-10-4-3-9-20)25-12-15(23-24-25)19(27)22-14-6-7-14/h5,8,11-12,14H,2,6-7,9-10H2,1H3,(H,21,26)(H,22,27). The first-order chi connectivity index (χ1) is 13.6. The minimum absolute atomic E-state index is 0.0995. The molecule has 0 atom stereocenters. The van der Waals surface area contributed by atoms with E-state index in [4.69, 9.17) is 16.3 Å². The fraction of sp³-hybridized carbons (Fsp3) is 0.368. The molecule has 28 heavy (non-hydrogen) atoms. The molecule has 1 fully saturated rings. The second-order valence-electron chi connectivity index (χ2n) is 6.11. The van der Waals surface area contributed by atoms with E-state index in [1.54, 1.807) is 18.2 Å². The van der Waals surface area contributed by atoms with Gasteiger partial charge in [0.25, 0.3) is 11.8 Å². The Kier molecular flexibility index (Phi) is 6.50. The monoisotopic (exact) mass is 401 g/mol. The SMILES string of the molecule is CCNC(=O)c1ccc(-n2cc(C(=O)NC3CC3)nn2)c(OCC#CCCl)c1. The van der Waals surface area contributed by atoms with Crippen molar-refractivity contribution in [1.82, 2.24) is 25.6 Å². The van der Waals surface area contributed by atoms with Crippen LogP contribution in [0, 0.1) is 11.8 Å². The van der Waals surface area contributed by atoms with Crippen LogP contribution in [0.1, 0.15) is 40.6 Å². The number of amides is 2. The van der Waals surface area contributed by atoms with Crippen molar-refractivity contribution in [3.63, 3.8) is 0 Å². The number of aromatic nitrogens is 3. The van der Waals surface area contributed by atoms with E-state index in [9.17, 15) is 9.59 Å². The van der Waals surface area contributed by atoms with Gasteiger partial charge in [-0.2, -0.15) is 0 Å². The molecular formula is C19H20ClN5O3. The number of rotatable bonds is 7. The predicted molar refractivity (Wildman–Crippen MR) is 104 cm³/mol. The average Bonchev–Trinajstić information content (AvgIpc) is 3.37. The molecule has 2 amide bonds. The fourth-order valence-corrected chi connectivity index (χ4v) is 2.50. The van der Waals surface area contributed by atoms with Crippen LogP contribution in [0.4, 0.5) is 0 Å². The maximum atomic E-state index is 12.1. The minimum atomic E-state index is -0.261. The van der Waals surface area contributed by atoms with Crippen molar-refractivity contribution in [3.8, 4) is 23.3 Å². The third-order valence-corrected chi connectivity index (χ3v) is 4.07. The molecule has 0 saturated heterocycles. The van der Waals surface area contributed by atoms with Gasteiger partial charge in [-0.3, -0.25) is 9.59 Å². The van der Waals surface area contributed by atoms with Crippen molar-refractivity contribution in [1.29, 1.82) is 0 Å². The molecule has 2 aromatic rings. The summed E-state index contributed by atoms with van der Waals surface area (Å²) in [7, 11) is 0. The largest absolute Gasteiger partial charge is 0.479 e. The Morgan fingerprint density at radius 2 is 2.14 bits per heavy atom. The summed E-state index contributed by atoms with van der Waals surface area (Å²) in [5.74, 6) is 5.60. The van der Waals surface area contributed by atoms with Crippen LogP contribution < -0.4 is 15.4 Å². The van der Waals surface area contributed by atoms with Crippen molar-refractivity contribution in [2.24, 2.45) is 0 Å². The summed E-state index contributed by atoms with van der Waals surface area (Å²) in [6.45, 7) is 2.46. The first-order valence-corrected chi connectivity index (χ1v) is 9.46. The molecule has 146 valence electrons. The van der Waals surface area contributed by atoms with Crippen LogP contribution in [0.25, 0.3) is 5.69 Å². The van der Waals surface area contributed by atoms with Crippen LogP contribution in [-0.2, 0) is 0 Å². The van der Waals surface area contributed by atoms with Crippen LogP contribution >= 0.6 is 11.6 Å². The third-order valence-electron chi connectivity index (χ3n) is 3.94. The highest BCUT2D eigenvalue weighted by Crippen LogP contribution is 2.25. The quantitative estimate of drug-likeness (QED) is 0.541. The van der Waals surface area contributed by atoms with Gasteiger partial charge in [0.1, 0.15) is 18.0 Å². The fourth-order valence-electron chi connectivity index (χ4n) is 2.41. The van der Waals surface area contributed by atoms with Gasteiger partial charge in [0.2, 0.25) is 0 Å². The zero-order chi connectivity index (χ0) is 19.9. The second-order valence-corrected chi connectivity index (χ2v) is 6.38. The lowest BCUT2D eigenvalue weighted by atomic mass is 10.1. The first kappa shape index (κ1) is 19.7. The molecule has 0 radical (unpaired) electrons. The molecule has 1 aromatic carbocycles.